The van der Waals surface area contributed by atoms with Crippen LogP contribution in [-0.2, 0) is 10.9 Å². The Morgan fingerprint density at radius 3 is 2.69 bits per heavy atom. The van der Waals surface area contributed by atoms with Crippen LogP contribution in [-0.4, -0.2) is 0 Å². The van der Waals surface area contributed by atoms with Crippen LogP contribution in [0.4, 0.5) is 13.2 Å². The summed E-state index contributed by atoms with van der Waals surface area (Å²) in [4.78, 5) is 0. The summed E-state index contributed by atoms with van der Waals surface area (Å²) < 4.78 is 43.3. The molecule has 1 nitrogen and oxygen atoms in total. The average Bonchev–Trinajstić information content (AvgIpc) is 2.76. The van der Waals surface area contributed by atoms with Crippen molar-refractivity contribution in [1.82, 2.24) is 0 Å². The second kappa shape index (κ2) is 3.66. The van der Waals surface area contributed by atoms with Crippen LogP contribution in [0.2, 0.25) is 0 Å². The van der Waals surface area contributed by atoms with Crippen LogP contribution in [0.15, 0.2) is 24.3 Å². The van der Waals surface area contributed by atoms with Gasteiger partial charge in [0.05, 0.1) is 11.7 Å². The number of ether oxygens (including phenoxy) is 1. The van der Waals surface area contributed by atoms with Gasteiger partial charge in [0, 0.05) is 0 Å². The van der Waals surface area contributed by atoms with Gasteiger partial charge in [0.25, 0.3) is 0 Å². The molecule has 78 valence electrons. The summed E-state index contributed by atoms with van der Waals surface area (Å²) in [6.07, 6.45) is -0.855. The molecule has 2 aliphatic heterocycles. The molecule has 0 spiro atoms. The summed E-state index contributed by atoms with van der Waals surface area (Å²) in [5, 5.41) is 0. The molecule has 2 aliphatic rings. The standard InChI is InChI=1S/C11H6F3O.Li/c12-11(13,14)7-3-1-2-6-8-4-5-9(15-8)10(6)7;/h1-3,5,8-9H;/q-1;+1. The topological polar surface area (TPSA) is 9.23 Å². The Morgan fingerprint density at radius 1 is 1.25 bits per heavy atom. The zero-order chi connectivity index (χ0) is 10.6. The predicted molar refractivity (Wildman–Crippen MR) is 45.8 cm³/mol. The minimum absolute atomic E-state index is 0. The van der Waals surface area contributed by atoms with E-state index in [0.717, 1.165) is 6.07 Å². The summed E-state index contributed by atoms with van der Waals surface area (Å²) in [5.74, 6) is 0. The van der Waals surface area contributed by atoms with E-state index in [4.69, 9.17) is 4.74 Å². The Bertz CT molecular complexity index is 453. The summed E-state index contributed by atoms with van der Waals surface area (Å²) in [6, 6.07) is 4.17. The van der Waals surface area contributed by atoms with Gasteiger partial charge in [0.1, 0.15) is 0 Å². The van der Waals surface area contributed by atoms with E-state index in [9.17, 15) is 13.2 Å². The summed E-state index contributed by atoms with van der Waals surface area (Å²) in [5.41, 5.74) is 0.260. The van der Waals surface area contributed by atoms with Crippen molar-refractivity contribution < 1.29 is 36.8 Å². The van der Waals surface area contributed by atoms with Gasteiger partial charge in [0.15, 0.2) is 0 Å². The molecule has 0 radical (unpaired) electrons. The van der Waals surface area contributed by atoms with Gasteiger partial charge in [-0.25, -0.2) is 6.08 Å². The van der Waals surface area contributed by atoms with Crippen LogP contribution in [0.25, 0.3) is 0 Å². The molecular formula is C11H6F3LiO. The number of hydrogen-bond acceptors (Lipinski definition) is 1. The SMILES string of the molecule is FC(F)(F)c1cccc2c1C1C=[C-]C2O1.[Li+]. The summed E-state index contributed by atoms with van der Waals surface area (Å²) >= 11 is 0. The average molecular weight is 218 g/mol. The van der Waals surface area contributed by atoms with E-state index in [0.29, 0.717) is 5.56 Å². The first-order chi connectivity index (χ1) is 7.07. The van der Waals surface area contributed by atoms with E-state index < -0.39 is 23.9 Å². The van der Waals surface area contributed by atoms with Crippen LogP contribution in [0.3, 0.4) is 0 Å². The molecule has 2 bridgehead atoms. The minimum Gasteiger partial charge on any atom is -0.463 e. The second-order valence-electron chi connectivity index (χ2n) is 3.58. The van der Waals surface area contributed by atoms with Gasteiger partial charge >= 0.3 is 25.0 Å². The number of fused-ring (bicyclic) bond motifs is 5. The fourth-order valence-electron chi connectivity index (χ4n) is 2.09. The summed E-state index contributed by atoms with van der Waals surface area (Å²) in [6.45, 7) is 0. The number of halogens is 3. The third-order valence-electron chi connectivity index (χ3n) is 2.69. The Labute approximate surface area is 102 Å². The fraction of sp³-hybridized carbons (Fsp3) is 0.273. The normalized spacial score (nSPS) is 25.4. The first-order valence-corrected chi connectivity index (χ1v) is 4.52. The van der Waals surface area contributed by atoms with E-state index in [1.54, 1.807) is 12.1 Å². The minimum atomic E-state index is -4.31. The van der Waals surface area contributed by atoms with Crippen molar-refractivity contribution in [2.75, 3.05) is 0 Å². The van der Waals surface area contributed by atoms with Crippen molar-refractivity contribution >= 4 is 0 Å². The maximum Gasteiger partial charge on any atom is 1.00 e. The largest absolute Gasteiger partial charge is 1.00 e. The van der Waals surface area contributed by atoms with Crippen molar-refractivity contribution in [2.45, 2.75) is 18.4 Å². The summed E-state index contributed by atoms with van der Waals surface area (Å²) in [7, 11) is 0. The van der Waals surface area contributed by atoms with E-state index in [1.165, 1.54) is 6.07 Å². The zero-order valence-corrected chi connectivity index (χ0v) is 8.51. The predicted octanol–water partition coefficient (Wildman–Crippen LogP) is 0.195. The Balaban J connectivity index is 0.000000963. The van der Waals surface area contributed by atoms with Crippen molar-refractivity contribution in [3.8, 4) is 0 Å². The Hall–Kier alpha value is -0.693. The fourth-order valence-corrected chi connectivity index (χ4v) is 2.09. The third-order valence-corrected chi connectivity index (χ3v) is 2.69. The van der Waals surface area contributed by atoms with Crippen molar-refractivity contribution in [3.63, 3.8) is 0 Å². The van der Waals surface area contributed by atoms with Gasteiger partial charge in [-0.15, -0.1) is 0 Å². The van der Waals surface area contributed by atoms with Crippen LogP contribution in [0, 0.1) is 6.08 Å². The molecule has 0 saturated heterocycles. The van der Waals surface area contributed by atoms with Crippen LogP contribution in [0.1, 0.15) is 28.9 Å². The molecule has 0 fully saturated rings. The molecule has 16 heavy (non-hydrogen) atoms. The van der Waals surface area contributed by atoms with Crippen molar-refractivity contribution in [1.29, 1.82) is 0 Å². The second-order valence-corrected chi connectivity index (χ2v) is 3.58. The Morgan fingerprint density at radius 2 is 2.00 bits per heavy atom. The van der Waals surface area contributed by atoms with Gasteiger partial charge in [-0.1, -0.05) is 12.1 Å². The van der Waals surface area contributed by atoms with Crippen molar-refractivity contribution in [3.05, 3.63) is 47.0 Å². The van der Waals surface area contributed by atoms with Crippen LogP contribution < -0.4 is 18.9 Å². The molecule has 2 unspecified atom stereocenters. The Kier molecular flexibility index (Phi) is 2.70. The van der Waals surface area contributed by atoms with E-state index in [-0.39, 0.29) is 24.4 Å². The maximum atomic E-state index is 12.7. The number of benzene rings is 1. The van der Waals surface area contributed by atoms with E-state index in [1.807, 2.05) is 0 Å². The smallest absolute Gasteiger partial charge is 0.463 e. The molecular weight excluding hydrogens is 212 g/mol. The molecule has 1 aromatic rings. The quantitative estimate of drug-likeness (QED) is 0.446. The molecule has 5 heteroatoms. The number of hydrogen-bond donors (Lipinski definition) is 0. The van der Waals surface area contributed by atoms with Crippen LogP contribution in [0.5, 0.6) is 0 Å². The molecule has 2 heterocycles. The molecule has 2 atom stereocenters. The molecule has 0 N–H and O–H groups in total. The number of rotatable bonds is 0. The van der Waals surface area contributed by atoms with E-state index in [2.05, 4.69) is 6.08 Å². The van der Waals surface area contributed by atoms with Gasteiger partial charge < -0.3 is 10.8 Å². The van der Waals surface area contributed by atoms with E-state index >= 15 is 0 Å². The molecule has 3 rings (SSSR count). The molecule has 0 aromatic heterocycles. The molecule has 0 amide bonds. The monoisotopic (exact) mass is 218 g/mol. The molecule has 0 saturated carbocycles. The zero-order valence-electron chi connectivity index (χ0n) is 8.51. The van der Waals surface area contributed by atoms with Crippen molar-refractivity contribution in [2.24, 2.45) is 0 Å². The van der Waals surface area contributed by atoms with Crippen LogP contribution >= 0.6 is 0 Å². The van der Waals surface area contributed by atoms with Gasteiger partial charge in [0.2, 0.25) is 0 Å². The molecule has 1 aromatic carbocycles. The van der Waals surface area contributed by atoms with Gasteiger partial charge in [-0.2, -0.15) is 13.2 Å². The van der Waals surface area contributed by atoms with Gasteiger partial charge in [-0.3, -0.25) is 0 Å². The number of alkyl halides is 3. The van der Waals surface area contributed by atoms with Gasteiger partial charge in [-0.05, 0) is 23.3 Å². The molecule has 0 aliphatic carbocycles. The first-order valence-electron chi connectivity index (χ1n) is 4.52. The third kappa shape index (κ3) is 1.53. The first kappa shape index (κ1) is 11.8. The maximum absolute atomic E-state index is 12.7.